The first-order chi connectivity index (χ1) is 11.2. The Balaban J connectivity index is 1.50. The molecule has 0 unspecified atom stereocenters. The summed E-state index contributed by atoms with van der Waals surface area (Å²) in [4.78, 5) is 14.5. The number of nitrogens with zero attached hydrogens (tertiary/aromatic N) is 1. The standard InChI is InChI=1S/C20H24N2O/c1-16-6-4-7-17(14-16)15-21-20(23)11-13-22-12-5-9-18-8-2-3-10-19(18)22/h2-4,6-8,10,14H,5,9,11-13,15H2,1H3,(H,21,23). The summed E-state index contributed by atoms with van der Waals surface area (Å²) in [5.74, 6) is 0.120. The van der Waals surface area contributed by atoms with Gasteiger partial charge in [-0.1, -0.05) is 48.0 Å². The van der Waals surface area contributed by atoms with Gasteiger partial charge >= 0.3 is 0 Å². The van der Waals surface area contributed by atoms with Crippen molar-refractivity contribution < 1.29 is 4.79 Å². The zero-order chi connectivity index (χ0) is 16.1. The molecule has 2 aromatic carbocycles. The van der Waals surface area contributed by atoms with Gasteiger partial charge in [-0.3, -0.25) is 4.79 Å². The number of benzene rings is 2. The van der Waals surface area contributed by atoms with Gasteiger partial charge in [0.05, 0.1) is 0 Å². The van der Waals surface area contributed by atoms with Gasteiger partial charge in [-0.05, 0) is 37.0 Å². The Labute approximate surface area is 138 Å². The van der Waals surface area contributed by atoms with Gasteiger partial charge in [0.1, 0.15) is 0 Å². The van der Waals surface area contributed by atoms with Crippen LogP contribution in [0.3, 0.4) is 0 Å². The molecule has 1 amide bonds. The van der Waals surface area contributed by atoms with Gasteiger partial charge < -0.3 is 10.2 Å². The number of nitrogens with one attached hydrogen (secondary N) is 1. The molecule has 1 aliphatic heterocycles. The molecular formula is C20H24N2O. The molecule has 0 aliphatic carbocycles. The summed E-state index contributed by atoms with van der Waals surface area (Å²) < 4.78 is 0. The SMILES string of the molecule is Cc1cccc(CNC(=O)CCN2CCCc3ccccc32)c1. The maximum Gasteiger partial charge on any atom is 0.222 e. The van der Waals surface area contributed by atoms with E-state index in [-0.39, 0.29) is 5.91 Å². The smallest absolute Gasteiger partial charge is 0.222 e. The summed E-state index contributed by atoms with van der Waals surface area (Å²) in [7, 11) is 0. The average molecular weight is 308 g/mol. The molecule has 0 fully saturated rings. The number of carbonyl (C=O) groups is 1. The maximum atomic E-state index is 12.1. The Hall–Kier alpha value is -2.29. The molecular weight excluding hydrogens is 284 g/mol. The van der Waals surface area contributed by atoms with E-state index in [0.29, 0.717) is 13.0 Å². The number of amides is 1. The molecule has 1 N–H and O–H groups in total. The average Bonchev–Trinajstić information content (AvgIpc) is 2.58. The molecule has 0 saturated carbocycles. The van der Waals surface area contributed by atoms with Gasteiger partial charge in [0.2, 0.25) is 5.91 Å². The lowest BCUT2D eigenvalue weighted by atomic mass is 10.0. The molecule has 1 aliphatic rings. The van der Waals surface area contributed by atoms with Crippen molar-refractivity contribution in [2.24, 2.45) is 0 Å². The van der Waals surface area contributed by atoms with Crippen LogP contribution < -0.4 is 10.2 Å². The summed E-state index contributed by atoms with van der Waals surface area (Å²) in [5.41, 5.74) is 5.08. The fourth-order valence-corrected chi connectivity index (χ4v) is 3.19. The summed E-state index contributed by atoms with van der Waals surface area (Å²) in [6.07, 6.45) is 2.86. The number of fused-ring (bicyclic) bond motifs is 1. The first-order valence-electron chi connectivity index (χ1n) is 8.37. The molecule has 1 heterocycles. The van der Waals surface area contributed by atoms with E-state index in [0.717, 1.165) is 25.1 Å². The fourth-order valence-electron chi connectivity index (χ4n) is 3.19. The lowest BCUT2D eigenvalue weighted by Crippen LogP contribution is -2.34. The molecule has 0 atom stereocenters. The van der Waals surface area contributed by atoms with E-state index in [1.165, 1.54) is 23.2 Å². The highest BCUT2D eigenvalue weighted by molar-refractivity contribution is 5.76. The van der Waals surface area contributed by atoms with Crippen molar-refractivity contribution in [3.05, 3.63) is 65.2 Å². The molecule has 23 heavy (non-hydrogen) atoms. The number of hydrogen-bond donors (Lipinski definition) is 1. The summed E-state index contributed by atoms with van der Waals surface area (Å²) in [6, 6.07) is 16.8. The largest absolute Gasteiger partial charge is 0.371 e. The molecule has 3 nitrogen and oxygen atoms in total. The summed E-state index contributed by atoms with van der Waals surface area (Å²) >= 11 is 0. The highest BCUT2D eigenvalue weighted by Crippen LogP contribution is 2.26. The van der Waals surface area contributed by atoms with Crippen LogP contribution in [-0.4, -0.2) is 19.0 Å². The van der Waals surface area contributed by atoms with E-state index < -0.39 is 0 Å². The topological polar surface area (TPSA) is 32.3 Å². The van der Waals surface area contributed by atoms with Crippen LogP contribution in [0.4, 0.5) is 5.69 Å². The van der Waals surface area contributed by atoms with Crippen molar-refractivity contribution in [3.63, 3.8) is 0 Å². The van der Waals surface area contributed by atoms with Crippen LogP contribution in [0, 0.1) is 6.92 Å². The van der Waals surface area contributed by atoms with Crippen LogP contribution >= 0.6 is 0 Å². The molecule has 3 heteroatoms. The molecule has 0 saturated heterocycles. The minimum absolute atomic E-state index is 0.120. The maximum absolute atomic E-state index is 12.1. The van der Waals surface area contributed by atoms with Gasteiger partial charge in [-0.25, -0.2) is 0 Å². The number of anilines is 1. The molecule has 120 valence electrons. The molecule has 0 spiro atoms. The van der Waals surface area contributed by atoms with Crippen molar-refractivity contribution >= 4 is 11.6 Å². The Morgan fingerprint density at radius 1 is 1.17 bits per heavy atom. The third-order valence-electron chi connectivity index (χ3n) is 4.39. The predicted molar refractivity (Wildman–Crippen MR) is 94.6 cm³/mol. The zero-order valence-corrected chi connectivity index (χ0v) is 13.7. The second-order valence-corrected chi connectivity index (χ2v) is 6.24. The van der Waals surface area contributed by atoms with Crippen molar-refractivity contribution in [1.29, 1.82) is 0 Å². The Morgan fingerprint density at radius 2 is 2.04 bits per heavy atom. The van der Waals surface area contributed by atoms with Crippen LogP contribution in [0.25, 0.3) is 0 Å². The zero-order valence-electron chi connectivity index (χ0n) is 13.7. The number of aryl methyl sites for hydroxylation is 2. The number of carbonyl (C=O) groups excluding carboxylic acids is 1. The van der Waals surface area contributed by atoms with Crippen LogP contribution in [0.1, 0.15) is 29.5 Å². The van der Waals surface area contributed by atoms with E-state index in [4.69, 9.17) is 0 Å². The quantitative estimate of drug-likeness (QED) is 0.917. The number of rotatable bonds is 5. The normalized spacial score (nSPS) is 13.5. The summed E-state index contributed by atoms with van der Waals surface area (Å²) in [6.45, 7) is 4.51. The third kappa shape index (κ3) is 4.13. The Bertz CT molecular complexity index is 681. The highest BCUT2D eigenvalue weighted by Gasteiger charge is 2.16. The van der Waals surface area contributed by atoms with Crippen molar-refractivity contribution in [1.82, 2.24) is 5.32 Å². The van der Waals surface area contributed by atoms with Gasteiger partial charge in [-0.15, -0.1) is 0 Å². The van der Waals surface area contributed by atoms with Gasteiger partial charge in [0, 0.05) is 31.7 Å². The fraction of sp³-hybridized carbons (Fsp3) is 0.350. The van der Waals surface area contributed by atoms with E-state index in [1.807, 2.05) is 12.1 Å². The summed E-state index contributed by atoms with van der Waals surface area (Å²) in [5, 5.41) is 3.02. The minimum Gasteiger partial charge on any atom is -0.371 e. The second kappa shape index (κ2) is 7.32. The second-order valence-electron chi connectivity index (χ2n) is 6.24. The Morgan fingerprint density at radius 3 is 2.91 bits per heavy atom. The first-order valence-corrected chi connectivity index (χ1v) is 8.37. The van der Waals surface area contributed by atoms with E-state index >= 15 is 0 Å². The van der Waals surface area contributed by atoms with Crippen molar-refractivity contribution in [2.45, 2.75) is 32.7 Å². The monoisotopic (exact) mass is 308 g/mol. The van der Waals surface area contributed by atoms with Crippen LogP contribution in [-0.2, 0) is 17.8 Å². The molecule has 3 rings (SSSR count). The molecule has 0 aromatic heterocycles. The van der Waals surface area contributed by atoms with Crippen molar-refractivity contribution in [2.75, 3.05) is 18.0 Å². The van der Waals surface area contributed by atoms with Crippen LogP contribution in [0.15, 0.2) is 48.5 Å². The van der Waals surface area contributed by atoms with E-state index in [1.54, 1.807) is 0 Å². The molecule has 0 bridgehead atoms. The highest BCUT2D eigenvalue weighted by atomic mass is 16.1. The van der Waals surface area contributed by atoms with Gasteiger partial charge in [0.25, 0.3) is 0 Å². The molecule has 2 aromatic rings. The van der Waals surface area contributed by atoms with E-state index in [2.05, 4.69) is 53.5 Å². The number of hydrogen-bond acceptors (Lipinski definition) is 2. The van der Waals surface area contributed by atoms with E-state index in [9.17, 15) is 4.79 Å². The minimum atomic E-state index is 0.120. The lowest BCUT2D eigenvalue weighted by Gasteiger charge is -2.31. The predicted octanol–water partition coefficient (Wildman–Crippen LogP) is 3.45. The number of para-hydroxylation sites is 1. The van der Waals surface area contributed by atoms with Crippen LogP contribution in [0.2, 0.25) is 0 Å². The lowest BCUT2D eigenvalue weighted by molar-refractivity contribution is -0.121. The van der Waals surface area contributed by atoms with Crippen LogP contribution in [0.5, 0.6) is 0 Å². The Kier molecular flexibility index (Phi) is 4.96. The molecule has 0 radical (unpaired) electrons. The van der Waals surface area contributed by atoms with Crippen molar-refractivity contribution in [3.8, 4) is 0 Å². The first kappa shape index (κ1) is 15.6. The third-order valence-corrected chi connectivity index (χ3v) is 4.39. The van der Waals surface area contributed by atoms with Gasteiger partial charge in [-0.2, -0.15) is 0 Å². The van der Waals surface area contributed by atoms with Gasteiger partial charge in [0.15, 0.2) is 0 Å².